The molecule has 0 N–H and O–H groups in total. The van der Waals surface area contributed by atoms with Crippen LogP contribution in [0.5, 0.6) is 0 Å². The summed E-state index contributed by atoms with van der Waals surface area (Å²) < 4.78 is 2.33. The van der Waals surface area contributed by atoms with Gasteiger partial charge in [-0.1, -0.05) is 50.5 Å². The molecule has 0 amide bonds. The minimum atomic E-state index is -0.288. The topological polar surface area (TPSA) is 58.7 Å². The zero-order valence-corrected chi connectivity index (χ0v) is 17.0. The molecule has 0 aromatic heterocycles. The number of unbranched alkanes of at least 4 members (excludes halogenated alkanes) is 2. The van der Waals surface area contributed by atoms with Crippen LogP contribution in [0.25, 0.3) is 0 Å². The molecule has 0 spiro atoms. The van der Waals surface area contributed by atoms with Crippen LogP contribution in [0.1, 0.15) is 45.4 Å². The lowest BCUT2D eigenvalue weighted by atomic mass is 9.89. The maximum atomic E-state index is 11.4. The first-order chi connectivity index (χ1) is 13.7. The predicted molar refractivity (Wildman–Crippen MR) is 115 cm³/mol. The zero-order valence-electron chi connectivity index (χ0n) is 16.1. The van der Waals surface area contributed by atoms with Gasteiger partial charge in [-0.25, -0.2) is 4.31 Å². The van der Waals surface area contributed by atoms with Gasteiger partial charge in [-0.3, -0.25) is 15.1 Å². The van der Waals surface area contributed by atoms with Crippen molar-refractivity contribution < 1.29 is 4.92 Å². The smallest absolute Gasteiger partial charge is 0.258 e. The van der Waals surface area contributed by atoms with E-state index in [1.165, 1.54) is 41.6 Å². The second kappa shape index (κ2) is 8.45. The number of nitrogens with zero attached hydrogens (tertiary/aromatic N) is 3. The van der Waals surface area contributed by atoms with E-state index in [0.717, 1.165) is 37.9 Å². The molecule has 0 saturated carbocycles. The highest BCUT2D eigenvalue weighted by atomic mass is 32.2. The van der Waals surface area contributed by atoms with Crippen molar-refractivity contribution in [1.82, 2.24) is 4.31 Å². The van der Waals surface area contributed by atoms with Crippen molar-refractivity contribution in [3.05, 3.63) is 69.5 Å². The number of fused-ring (bicyclic) bond motifs is 2. The van der Waals surface area contributed by atoms with Crippen LogP contribution in [-0.4, -0.2) is 27.5 Å². The van der Waals surface area contributed by atoms with E-state index in [2.05, 4.69) is 29.5 Å². The lowest BCUT2D eigenvalue weighted by molar-refractivity contribution is -0.387. The monoisotopic (exact) mass is 395 g/mol. The average Bonchev–Trinajstić information content (AvgIpc) is 3.08. The Morgan fingerprint density at radius 1 is 1.29 bits per heavy atom. The molecule has 1 saturated heterocycles. The van der Waals surface area contributed by atoms with E-state index in [9.17, 15) is 10.1 Å². The molecule has 5 nitrogen and oxygen atoms in total. The molecule has 1 atom stereocenters. The number of aliphatic imine (C=N–C) groups is 1. The Morgan fingerprint density at radius 3 is 2.96 bits per heavy atom. The van der Waals surface area contributed by atoms with Gasteiger partial charge in [0.2, 0.25) is 0 Å². The molecule has 28 heavy (non-hydrogen) atoms. The third kappa shape index (κ3) is 3.71. The van der Waals surface area contributed by atoms with E-state index in [0.29, 0.717) is 4.90 Å². The fourth-order valence-electron chi connectivity index (χ4n) is 4.14. The third-order valence-electron chi connectivity index (χ3n) is 5.54. The Bertz CT molecular complexity index is 901. The van der Waals surface area contributed by atoms with E-state index >= 15 is 0 Å². The molecule has 1 aromatic carbocycles. The lowest BCUT2D eigenvalue weighted by Crippen LogP contribution is -2.42. The molecule has 1 aromatic rings. The van der Waals surface area contributed by atoms with Crippen LogP contribution in [0, 0.1) is 10.1 Å². The van der Waals surface area contributed by atoms with E-state index in [1.807, 2.05) is 12.1 Å². The molecule has 1 fully saturated rings. The molecule has 6 heteroatoms. The number of hydrogen-bond acceptors (Lipinski definition) is 5. The van der Waals surface area contributed by atoms with Gasteiger partial charge < -0.3 is 0 Å². The van der Waals surface area contributed by atoms with Gasteiger partial charge in [-0.05, 0) is 54.5 Å². The first kappa shape index (κ1) is 19.2. The largest absolute Gasteiger partial charge is 0.284 e. The lowest BCUT2D eigenvalue weighted by Gasteiger charge is -2.36. The summed E-state index contributed by atoms with van der Waals surface area (Å²) in [5.41, 5.74) is 5.28. The number of nitro groups is 1. The molecule has 0 radical (unpaired) electrons. The molecular weight excluding hydrogens is 370 g/mol. The highest BCUT2D eigenvalue weighted by Crippen LogP contribution is 2.42. The maximum Gasteiger partial charge on any atom is 0.284 e. The molecule has 4 rings (SSSR count). The summed E-state index contributed by atoms with van der Waals surface area (Å²) in [4.78, 5) is 16.9. The van der Waals surface area contributed by atoms with Crippen molar-refractivity contribution in [3.63, 3.8) is 0 Å². The number of hydrogen-bond donors (Lipinski definition) is 0. The van der Waals surface area contributed by atoms with Gasteiger partial charge in [-0.15, -0.1) is 0 Å². The van der Waals surface area contributed by atoms with Crippen LogP contribution < -0.4 is 0 Å². The van der Waals surface area contributed by atoms with Gasteiger partial charge in [0.25, 0.3) is 5.69 Å². The summed E-state index contributed by atoms with van der Waals surface area (Å²) in [6.07, 6.45) is 12.9. The molecule has 0 unspecified atom stereocenters. The first-order valence-corrected chi connectivity index (χ1v) is 10.8. The summed E-state index contributed by atoms with van der Waals surface area (Å²) >= 11 is 1.52. The second-order valence-electron chi connectivity index (χ2n) is 7.36. The van der Waals surface area contributed by atoms with Crippen molar-refractivity contribution in [1.29, 1.82) is 0 Å². The number of piperidine rings is 1. The fourth-order valence-corrected chi connectivity index (χ4v) is 5.29. The predicted octanol–water partition coefficient (Wildman–Crippen LogP) is 5.85. The Balaban J connectivity index is 1.63. The van der Waals surface area contributed by atoms with Crippen molar-refractivity contribution in [3.8, 4) is 0 Å². The third-order valence-corrected chi connectivity index (χ3v) is 6.75. The van der Waals surface area contributed by atoms with E-state index in [4.69, 9.17) is 4.99 Å². The molecular formula is C22H25N3O2S. The Hall–Kier alpha value is -2.18. The summed E-state index contributed by atoms with van der Waals surface area (Å²) in [5, 5.41) is 11.4. The summed E-state index contributed by atoms with van der Waals surface area (Å²) in [7, 11) is 0. The van der Waals surface area contributed by atoms with Crippen molar-refractivity contribution in [2.45, 2.75) is 56.4 Å². The van der Waals surface area contributed by atoms with E-state index in [1.54, 1.807) is 12.1 Å². The first-order valence-electron chi connectivity index (χ1n) is 10.0. The van der Waals surface area contributed by atoms with Gasteiger partial charge in [0, 0.05) is 12.6 Å². The van der Waals surface area contributed by atoms with Crippen LogP contribution in [0.15, 0.2) is 69.2 Å². The molecule has 2 aliphatic heterocycles. The number of allylic oxidation sites excluding steroid dienone is 4. The van der Waals surface area contributed by atoms with Crippen molar-refractivity contribution in [2.75, 3.05) is 6.54 Å². The quantitative estimate of drug-likeness (QED) is 0.251. The van der Waals surface area contributed by atoms with Gasteiger partial charge in [0.1, 0.15) is 4.90 Å². The minimum absolute atomic E-state index is 0.179. The molecule has 2 heterocycles. The Morgan fingerprint density at radius 2 is 2.14 bits per heavy atom. The average molecular weight is 396 g/mol. The van der Waals surface area contributed by atoms with Gasteiger partial charge >= 0.3 is 0 Å². The molecule has 3 aliphatic rings. The molecule has 146 valence electrons. The number of benzene rings is 1. The normalized spacial score (nSPS) is 21.2. The molecule has 0 bridgehead atoms. The Kier molecular flexibility index (Phi) is 5.78. The standard InChI is InChI=1S/C22H25N3O2S/c1-2-3-4-12-20-22-17(16-9-5-6-10-18(16)23-22)14-15-24(20)28-21-13-8-7-11-19(21)25(26)27/h5-8,10-11,13,20H,2-4,9,12,14-15H2,1H3/t20-/m0/s1. The maximum absolute atomic E-state index is 11.4. The van der Waals surface area contributed by atoms with Gasteiger partial charge in [0.05, 0.1) is 22.4 Å². The van der Waals surface area contributed by atoms with Crippen molar-refractivity contribution >= 4 is 23.3 Å². The minimum Gasteiger partial charge on any atom is -0.258 e. The summed E-state index contributed by atoms with van der Waals surface area (Å²) in [6.45, 7) is 3.11. The number of para-hydroxylation sites is 1. The van der Waals surface area contributed by atoms with Gasteiger partial charge in [-0.2, -0.15) is 0 Å². The van der Waals surface area contributed by atoms with Crippen LogP contribution in [0.2, 0.25) is 0 Å². The highest BCUT2D eigenvalue weighted by molar-refractivity contribution is 7.97. The van der Waals surface area contributed by atoms with Crippen LogP contribution in [0.3, 0.4) is 0 Å². The van der Waals surface area contributed by atoms with Crippen molar-refractivity contribution in [2.24, 2.45) is 4.99 Å². The van der Waals surface area contributed by atoms with Crippen LogP contribution in [-0.2, 0) is 0 Å². The highest BCUT2D eigenvalue weighted by Gasteiger charge is 2.37. The zero-order chi connectivity index (χ0) is 19.5. The Labute approximate surface area is 170 Å². The SMILES string of the molecule is CCCCC[C@H]1C2=NC3=CC=CCC3=C2CCN1Sc1ccccc1[N+](=O)[O-]. The van der Waals surface area contributed by atoms with Gasteiger partial charge in [0.15, 0.2) is 0 Å². The fraction of sp³-hybridized carbons (Fsp3) is 0.409. The summed E-state index contributed by atoms with van der Waals surface area (Å²) in [5.74, 6) is 0. The van der Waals surface area contributed by atoms with E-state index < -0.39 is 0 Å². The number of nitro benzene ring substituents is 1. The summed E-state index contributed by atoms with van der Waals surface area (Å²) in [6, 6.07) is 7.24. The van der Waals surface area contributed by atoms with Crippen LogP contribution in [0.4, 0.5) is 5.69 Å². The van der Waals surface area contributed by atoms with Crippen LogP contribution >= 0.6 is 11.9 Å². The number of rotatable bonds is 7. The molecule has 1 aliphatic carbocycles. The van der Waals surface area contributed by atoms with E-state index in [-0.39, 0.29) is 16.7 Å². The second-order valence-corrected chi connectivity index (χ2v) is 8.45.